The lowest BCUT2D eigenvalue weighted by Crippen LogP contribution is -2.13. The highest BCUT2D eigenvalue weighted by atomic mass is 79.9. The normalized spacial score (nSPS) is 10.1. The van der Waals surface area contributed by atoms with E-state index in [0.29, 0.717) is 4.47 Å². The molecule has 2 aromatic rings. The van der Waals surface area contributed by atoms with Gasteiger partial charge >= 0.3 is 5.97 Å². The number of hydrogen-bond acceptors (Lipinski definition) is 4. The Labute approximate surface area is 127 Å². The number of aromatic hydroxyl groups is 2. The molecule has 0 saturated carbocycles. The third kappa shape index (κ3) is 3.32. The van der Waals surface area contributed by atoms with Gasteiger partial charge in [-0.15, -0.1) is 0 Å². The predicted molar refractivity (Wildman–Crippen MR) is 78.8 cm³/mol. The average molecular weight is 352 g/mol. The van der Waals surface area contributed by atoms with Crippen LogP contribution in [0.15, 0.2) is 40.9 Å². The van der Waals surface area contributed by atoms with Crippen molar-refractivity contribution in [3.05, 3.63) is 52.0 Å². The third-order valence-electron chi connectivity index (χ3n) is 2.69. The number of nitrogens with one attached hydrogen (secondary N) is 1. The van der Waals surface area contributed by atoms with E-state index in [9.17, 15) is 19.8 Å². The fourth-order valence-corrected chi connectivity index (χ4v) is 2.00. The summed E-state index contributed by atoms with van der Waals surface area (Å²) in [6, 6.07) is 7.74. The van der Waals surface area contributed by atoms with Gasteiger partial charge in [-0.3, -0.25) is 4.79 Å². The van der Waals surface area contributed by atoms with Crippen molar-refractivity contribution in [3.8, 4) is 11.5 Å². The van der Waals surface area contributed by atoms with Crippen LogP contribution in [0.5, 0.6) is 11.5 Å². The Kier molecular flexibility index (Phi) is 4.13. The number of anilines is 1. The number of halogens is 1. The van der Waals surface area contributed by atoms with E-state index in [1.54, 1.807) is 0 Å². The second kappa shape index (κ2) is 5.84. The lowest BCUT2D eigenvalue weighted by Gasteiger charge is -2.09. The highest BCUT2D eigenvalue weighted by Gasteiger charge is 2.14. The molecule has 0 aliphatic heterocycles. The largest absolute Gasteiger partial charge is 0.508 e. The van der Waals surface area contributed by atoms with E-state index in [1.165, 1.54) is 30.3 Å². The monoisotopic (exact) mass is 351 g/mol. The van der Waals surface area contributed by atoms with Crippen molar-refractivity contribution in [2.45, 2.75) is 0 Å². The van der Waals surface area contributed by atoms with Gasteiger partial charge in [-0.25, -0.2) is 4.79 Å². The molecule has 2 aromatic carbocycles. The predicted octanol–water partition coefficient (Wildman–Crippen LogP) is 2.81. The minimum atomic E-state index is -1.12. The van der Waals surface area contributed by atoms with Crippen LogP contribution >= 0.6 is 15.9 Å². The van der Waals surface area contributed by atoms with Crippen LogP contribution in [0.1, 0.15) is 20.7 Å². The summed E-state index contributed by atoms with van der Waals surface area (Å²) in [5.41, 5.74) is 0.233. The summed E-state index contributed by atoms with van der Waals surface area (Å²) in [6.45, 7) is 0. The van der Waals surface area contributed by atoms with Crippen LogP contribution in [-0.2, 0) is 0 Å². The number of carboxylic acid groups (broad SMARTS) is 1. The number of carbonyl (C=O) groups is 2. The van der Waals surface area contributed by atoms with E-state index >= 15 is 0 Å². The van der Waals surface area contributed by atoms with E-state index in [-0.39, 0.29) is 28.3 Å². The molecular formula is C14H10BrNO5. The van der Waals surface area contributed by atoms with Gasteiger partial charge in [0.15, 0.2) is 0 Å². The lowest BCUT2D eigenvalue weighted by atomic mass is 10.1. The molecule has 0 saturated heterocycles. The number of carbonyl (C=O) groups excluding carboxylic acids is 1. The minimum Gasteiger partial charge on any atom is -0.508 e. The molecule has 0 radical (unpaired) electrons. The minimum absolute atomic E-state index is 0.0171. The number of aromatic carboxylic acids is 1. The van der Waals surface area contributed by atoms with Crippen LogP contribution < -0.4 is 5.32 Å². The summed E-state index contributed by atoms with van der Waals surface area (Å²) >= 11 is 3.20. The number of phenolic OH excluding ortho intramolecular Hbond substituents is 2. The summed E-state index contributed by atoms with van der Waals surface area (Å²) < 4.78 is 0.499. The molecule has 108 valence electrons. The van der Waals surface area contributed by atoms with E-state index in [1.807, 2.05) is 0 Å². The maximum atomic E-state index is 12.1. The molecule has 0 unspecified atom stereocenters. The molecule has 0 fully saturated rings. The molecule has 6 nitrogen and oxygen atoms in total. The molecule has 0 aliphatic carbocycles. The van der Waals surface area contributed by atoms with E-state index in [0.717, 1.165) is 6.07 Å². The maximum Gasteiger partial charge on any atom is 0.335 e. The number of hydrogen-bond donors (Lipinski definition) is 4. The van der Waals surface area contributed by atoms with Gasteiger partial charge in [0.1, 0.15) is 11.5 Å². The standard InChI is InChI=1S/C14H10BrNO5/c15-10-4-1-7(14(20)21)5-11(10)16-13(19)9-3-2-8(17)6-12(9)18/h1-6,17-18H,(H,16,19)(H,20,21). The average Bonchev–Trinajstić information content (AvgIpc) is 2.40. The fraction of sp³-hybridized carbons (Fsp3) is 0. The zero-order valence-corrected chi connectivity index (χ0v) is 12.1. The van der Waals surface area contributed by atoms with E-state index < -0.39 is 11.9 Å². The van der Waals surface area contributed by atoms with Crippen LogP contribution in [0, 0.1) is 0 Å². The van der Waals surface area contributed by atoms with Crippen molar-refractivity contribution in [1.29, 1.82) is 0 Å². The first-order chi connectivity index (χ1) is 9.88. The highest BCUT2D eigenvalue weighted by Crippen LogP contribution is 2.27. The van der Waals surface area contributed by atoms with Crippen molar-refractivity contribution >= 4 is 33.5 Å². The number of amides is 1. The molecule has 2 rings (SSSR count). The Bertz CT molecular complexity index is 729. The van der Waals surface area contributed by atoms with Crippen LogP contribution in [0.2, 0.25) is 0 Å². The lowest BCUT2D eigenvalue weighted by molar-refractivity contribution is 0.0696. The van der Waals surface area contributed by atoms with Crippen molar-refractivity contribution in [2.75, 3.05) is 5.32 Å². The maximum absolute atomic E-state index is 12.1. The summed E-state index contributed by atoms with van der Waals surface area (Å²) in [4.78, 5) is 23.0. The molecule has 4 N–H and O–H groups in total. The SMILES string of the molecule is O=C(O)c1ccc(Br)c(NC(=O)c2ccc(O)cc2O)c1. The third-order valence-corrected chi connectivity index (χ3v) is 3.38. The summed E-state index contributed by atoms with van der Waals surface area (Å²) in [7, 11) is 0. The van der Waals surface area contributed by atoms with Crippen molar-refractivity contribution < 1.29 is 24.9 Å². The summed E-state index contributed by atoms with van der Waals surface area (Å²) in [5, 5.41) is 30.2. The zero-order valence-electron chi connectivity index (χ0n) is 10.5. The molecule has 0 aromatic heterocycles. The zero-order chi connectivity index (χ0) is 15.6. The van der Waals surface area contributed by atoms with Gasteiger partial charge in [-0.1, -0.05) is 0 Å². The molecule has 0 bridgehead atoms. The Morgan fingerprint density at radius 3 is 2.38 bits per heavy atom. The Hall–Kier alpha value is -2.54. The molecule has 1 amide bonds. The Balaban J connectivity index is 2.31. The topological polar surface area (TPSA) is 107 Å². The highest BCUT2D eigenvalue weighted by molar-refractivity contribution is 9.10. The Morgan fingerprint density at radius 1 is 1.05 bits per heavy atom. The molecule has 0 atom stereocenters. The summed E-state index contributed by atoms with van der Waals surface area (Å²) in [5.74, 6) is -2.29. The van der Waals surface area contributed by atoms with Gasteiger partial charge < -0.3 is 20.6 Å². The van der Waals surface area contributed by atoms with Crippen LogP contribution in [0.4, 0.5) is 5.69 Å². The number of benzene rings is 2. The van der Waals surface area contributed by atoms with Crippen molar-refractivity contribution in [3.63, 3.8) is 0 Å². The summed E-state index contributed by atoms with van der Waals surface area (Å²) in [6.07, 6.45) is 0. The second-order valence-electron chi connectivity index (χ2n) is 4.16. The number of carboxylic acids is 1. The van der Waals surface area contributed by atoms with Gasteiger partial charge in [0, 0.05) is 10.5 Å². The number of rotatable bonds is 3. The molecule has 0 spiro atoms. The first-order valence-electron chi connectivity index (χ1n) is 5.74. The van der Waals surface area contributed by atoms with Gasteiger partial charge in [0.2, 0.25) is 0 Å². The smallest absolute Gasteiger partial charge is 0.335 e. The molecule has 7 heteroatoms. The fourth-order valence-electron chi connectivity index (χ4n) is 1.66. The van der Waals surface area contributed by atoms with E-state index in [2.05, 4.69) is 21.2 Å². The van der Waals surface area contributed by atoms with Gasteiger partial charge in [-0.05, 0) is 46.3 Å². The second-order valence-corrected chi connectivity index (χ2v) is 5.01. The van der Waals surface area contributed by atoms with Gasteiger partial charge in [0.25, 0.3) is 5.91 Å². The van der Waals surface area contributed by atoms with Gasteiger partial charge in [-0.2, -0.15) is 0 Å². The quantitative estimate of drug-likeness (QED) is 0.680. The molecule has 0 aliphatic rings. The Morgan fingerprint density at radius 2 is 1.76 bits per heavy atom. The van der Waals surface area contributed by atoms with Crippen molar-refractivity contribution in [2.24, 2.45) is 0 Å². The van der Waals surface area contributed by atoms with E-state index in [4.69, 9.17) is 5.11 Å². The van der Waals surface area contributed by atoms with Gasteiger partial charge in [0.05, 0.1) is 16.8 Å². The van der Waals surface area contributed by atoms with Crippen LogP contribution in [0.3, 0.4) is 0 Å². The number of phenols is 2. The van der Waals surface area contributed by atoms with Crippen molar-refractivity contribution in [1.82, 2.24) is 0 Å². The molecule has 21 heavy (non-hydrogen) atoms. The van der Waals surface area contributed by atoms with Crippen LogP contribution in [0.25, 0.3) is 0 Å². The molecular weight excluding hydrogens is 342 g/mol. The van der Waals surface area contributed by atoms with Crippen LogP contribution in [-0.4, -0.2) is 27.2 Å². The first kappa shape index (κ1) is 14.9. The first-order valence-corrected chi connectivity index (χ1v) is 6.54. The molecule has 0 heterocycles.